The predicted molar refractivity (Wildman–Crippen MR) is 80.4 cm³/mol. The summed E-state index contributed by atoms with van der Waals surface area (Å²) < 4.78 is 2.10. The lowest BCUT2D eigenvalue weighted by Gasteiger charge is -2.24. The second-order valence-electron chi connectivity index (χ2n) is 6.29. The molecule has 0 fully saturated rings. The summed E-state index contributed by atoms with van der Waals surface area (Å²) in [4.78, 5) is 16.2. The van der Waals surface area contributed by atoms with Gasteiger partial charge < -0.3 is 9.67 Å². The summed E-state index contributed by atoms with van der Waals surface area (Å²) in [7, 11) is 0. The van der Waals surface area contributed by atoms with Crippen LogP contribution < -0.4 is 0 Å². The van der Waals surface area contributed by atoms with Gasteiger partial charge in [0.2, 0.25) is 0 Å². The average molecular weight is 274 g/mol. The topological polar surface area (TPSA) is 55.1 Å². The molecule has 2 rings (SSSR count). The van der Waals surface area contributed by atoms with E-state index in [-0.39, 0.29) is 11.5 Å². The zero-order valence-electron chi connectivity index (χ0n) is 12.8. The number of fused-ring (bicyclic) bond motifs is 1. The van der Waals surface area contributed by atoms with Gasteiger partial charge in [-0.1, -0.05) is 33.8 Å². The summed E-state index contributed by atoms with van der Waals surface area (Å²) in [6.45, 7) is 10.5. The smallest absolute Gasteiger partial charge is 0.337 e. The molecule has 4 heteroatoms. The Morgan fingerprint density at radius 2 is 2.05 bits per heavy atom. The van der Waals surface area contributed by atoms with Crippen LogP contribution in [-0.2, 0) is 5.41 Å². The van der Waals surface area contributed by atoms with E-state index in [0.717, 1.165) is 23.3 Å². The molecule has 108 valence electrons. The fourth-order valence-corrected chi connectivity index (χ4v) is 2.46. The van der Waals surface area contributed by atoms with Crippen molar-refractivity contribution in [1.29, 1.82) is 0 Å². The lowest BCUT2D eigenvalue weighted by atomic mass is 9.95. The first-order valence-corrected chi connectivity index (χ1v) is 7.02. The Labute approximate surface area is 119 Å². The van der Waals surface area contributed by atoms with Crippen molar-refractivity contribution >= 4 is 17.0 Å². The number of hydrogen-bond acceptors (Lipinski definition) is 2. The molecule has 0 aliphatic carbocycles. The number of para-hydroxylation sites is 1. The van der Waals surface area contributed by atoms with Crippen molar-refractivity contribution in [3.05, 3.63) is 29.6 Å². The first kappa shape index (κ1) is 14.6. The van der Waals surface area contributed by atoms with Gasteiger partial charge in [0.15, 0.2) is 0 Å². The number of nitrogens with zero attached hydrogens (tertiary/aromatic N) is 2. The van der Waals surface area contributed by atoms with Crippen LogP contribution in [0.15, 0.2) is 18.2 Å². The van der Waals surface area contributed by atoms with E-state index in [1.54, 1.807) is 12.1 Å². The van der Waals surface area contributed by atoms with Gasteiger partial charge >= 0.3 is 5.97 Å². The van der Waals surface area contributed by atoms with Crippen LogP contribution in [0.1, 0.15) is 63.3 Å². The number of carboxylic acids is 1. The molecule has 0 aliphatic heterocycles. The molecule has 0 amide bonds. The normalized spacial score (nSPS) is 13.7. The number of aromatic nitrogens is 2. The van der Waals surface area contributed by atoms with E-state index in [9.17, 15) is 9.90 Å². The monoisotopic (exact) mass is 274 g/mol. The second kappa shape index (κ2) is 4.93. The van der Waals surface area contributed by atoms with Gasteiger partial charge in [-0.15, -0.1) is 0 Å². The standard InChI is InChI=1S/C16H22N2O2/c1-6-10(2)18-13-11(14(19)20)8-7-9-12(13)17-15(18)16(3,4)5/h7-10H,6H2,1-5H3,(H,19,20). The van der Waals surface area contributed by atoms with Crippen LogP contribution in [0.4, 0.5) is 0 Å². The predicted octanol–water partition coefficient (Wildman–Crippen LogP) is 4.00. The molecule has 0 radical (unpaired) electrons. The third-order valence-corrected chi connectivity index (χ3v) is 3.64. The van der Waals surface area contributed by atoms with Crippen molar-refractivity contribution in [2.75, 3.05) is 0 Å². The first-order valence-electron chi connectivity index (χ1n) is 7.02. The molecular formula is C16H22N2O2. The van der Waals surface area contributed by atoms with Crippen LogP contribution in [0.3, 0.4) is 0 Å². The van der Waals surface area contributed by atoms with Gasteiger partial charge in [-0.2, -0.15) is 0 Å². The molecule has 0 saturated carbocycles. The quantitative estimate of drug-likeness (QED) is 0.920. The van der Waals surface area contributed by atoms with Gasteiger partial charge in [0.1, 0.15) is 5.82 Å². The highest BCUT2D eigenvalue weighted by atomic mass is 16.4. The maximum absolute atomic E-state index is 11.5. The minimum atomic E-state index is -0.902. The number of carboxylic acid groups (broad SMARTS) is 1. The maximum Gasteiger partial charge on any atom is 0.337 e. The lowest BCUT2D eigenvalue weighted by Crippen LogP contribution is -2.21. The SMILES string of the molecule is CCC(C)n1c(C(C)(C)C)nc2cccc(C(=O)O)c21. The molecule has 1 N–H and O–H groups in total. The summed E-state index contributed by atoms with van der Waals surface area (Å²) in [6.07, 6.45) is 0.933. The van der Waals surface area contributed by atoms with E-state index in [4.69, 9.17) is 4.98 Å². The maximum atomic E-state index is 11.5. The van der Waals surface area contributed by atoms with Crippen LogP contribution in [0.2, 0.25) is 0 Å². The number of imidazole rings is 1. The van der Waals surface area contributed by atoms with Crippen LogP contribution in [0, 0.1) is 0 Å². The number of hydrogen-bond donors (Lipinski definition) is 1. The molecule has 4 nitrogen and oxygen atoms in total. The van der Waals surface area contributed by atoms with Gasteiger partial charge in [0.25, 0.3) is 0 Å². The minimum absolute atomic E-state index is 0.127. The molecule has 0 bridgehead atoms. The fourth-order valence-electron chi connectivity index (χ4n) is 2.46. The summed E-state index contributed by atoms with van der Waals surface area (Å²) in [5.74, 6) is 0.0380. The van der Waals surface area contributed by atoms with E-state index >= 15 is 0 Å². The zero-order valence-corrected chi connectivity index (χ0v) is 12.8. The van der Waals surface area contributed by atoms with Gasteiger partial charge in [-0.25, -0.2) is 9.78 Å². The number of rotatable bonds is 3. The van der Waals surface area contributed by atoms with E-state index in [0.29, 0.717) is 5.56 Å². The highest BCUT2D eigenvalue weighted by molar-refractivity contribution is 6.01. The van der Waals surface area contributed by atoms with Gasteiger partial charge in [0.05, 0.1) is 16.6 Å². The second-order valence-corrected chi connectivity index (χ2v) is 6.29. The Balaban J connectivity index is 2.90. The van der Waals surface area contributed by atoms with Crippen LogP contribution in [-0.4, -0.2) is 20.6 Å². The largest absolute Gasteiger partial charge is 0.478 e. The minimum Gasteiger partial charge on any atom is -0.478 e. The molecular weight excluding hydrogens is 252 g/mol. The van der Waals surface area contributed by atoms with Gasteiger partial charge in [-0.05, 0) is 25.5 Å². The van der Waals surface area contributed by atoms with Crippen molar-refractivity contribution in [1.82, 2.24) is 9.55 Å². The van der Waals surface area contributed by atoms with Gasteiger partial charge in [-0.3, -0.25) is 0 Å². The highest BCUT2D eigenvalue weighted by Gasteiger charge is 2.27. The van der Waals surface area contributed by atoms with E-state index in [1.165, 1.54) is 0 Å². The summed E-state index contributed by atoms with van der Waals surface area (Å²) in [5.41, 5.74) is 1.69. The number of carbonyl (C=O) groups is 1. The molecule has 1 heterocycles. The highest BCUT2D eigenvalue weighted by Crippen LogP contribution is 2.32. The van der Waals surface area contributed by atoms with Crippen molar-refractivity contribution in [3.8, 4) is 0 Å². The number of aromatic carboxylic acids is 1. The Kier molecular flexibility index (Phi) is 3.59. The molecule has 0 spiro atoms. The summed E-state index contributed by atoms with van der Waals surface area (Å²) in [6, 6.07) is 5.51. The molecule has 20 heavy (non-hydrogen) atoms. The number of benzene rings is 1. The zero-order chi connectivity index (χ0) is 15.1. The van der Waals surface area contributed by atoms with Crippen LogP contribution in [0.25, 0.3) is 11.0 Å². The Morgan fingerprint density at radius 3 is 2.55 bits per heavy atom. The first-order chi connectivity index (χ1) is 9.27. The molecule has 1 atom stereocenters. The van der Waals surface area contributed by atoms with E-state index in [2.05, 4.69) is 39.2 Å². The fraction of sp³-hybridized carbons (Fsp3) is 0.500. The summed E-state index contributed by atoms with van der Waals surface area (Å²) in [5, 5.41) is 9.43. The Hall–Kier alpha value is -1.84. The molecule has 1 aromatic heterocycles. The van der Waals surface area contributed by atoms with Crippen LogP contribution >= 0.6 is 0 Å². The van der Waals surface area contributed by atoms with E-state index < -0.39 is 5.97 Å². The van der Waals surface area contributed by atoms with Crippen molar-refractivity contribution in [2.24, 2.45) is 0 Å². The van der Waals surface area contributed by atoms with Gasteiger partial charge in [0, 0.05) is 11.5 Å². The molecule has 1 aromatic carbocycles. The Bertz CT molecular complexity index is 650. The van der Waals surface area contributed by atoms with E-state index in [1.807, 2.05) is 6.07 Å². The third-order valence-electron chi connectivity index (χ3n) is 3.64. The molecule has 0 aliphatic rings. The average Bonchev–Trinajstić information content (AvgIpc) is 2.76. The Morgan fingerprint density at radius 1 is 1.40 bits per heavy atom. The molecule has 1 unspecified atom stereocenters. The summed E-state index contributed by atoms with van der Waals surface area (Å²) >= 11 is 0. The van der Waals surface area contributed by atoms with Crippen molar-refractivity contribution in [2.45, 2.75) is 52.5 Å². The third kappa shape index (κ3) is 2.30. The lowest BCUT2D eigenvalue weighted by molar-refractivity contribution is 0.0698. The molecule has 2 aromatic rings. The van der Waals surface area contributed by atoms with Crippen molar-refractivity contribution in [3.63, 3.8) is 0 Å². The molecule has 0 saturated heterocycles. The van der Waals surface area contributed by atoms with Crippen molar-refractivity contribution < 1.29 is 9.90 Å². The van der Waals surface area contributed by atoms with Crippen LogP contribution in [0.5, 0.6) is 0 Å².